The second-order valence-corrected chi connectivity index (χ2v) is 6.27. The number of hydrogen-bond donors (Lipinski definition) is 1. The van der Waals surface area contributed by atoms with E-state index in [1.165, 1.54) is 24.3 Å². The number of nitrogens with one attached hydrogen (secondary N) is 1. The highest BCUT2D eigenvalue weighted by molar-refractivity contribution is 6.13. The number of ether oxygens (including phenoxy) is 1. The number of halogens is 1. The Morgan fingerprint density at radius 3 is 2.54 bits per heavy atom. The van der Waals surface area contributed by atoms with Crippen molar-refractivity contribution in [3.63, 3.8) is 0 Å². The van der Waals surface area contributed by atoms with Gasteiger partial charge in [-0.05, 0) is 48.5 Å². The van der Waals surface area contributed by atoms with Gasteiger partial charge in [0.25, 0.3) is 5.91 Å². The topological polar surface area (TPSA) is 51.2 Å². The molecule has 28 heavy (non-hydrogen) atoms. The summed E-state index contributed by atoms with van der Waals surface area (Å²) in [4.78, 5) is 17.7. The number of amides is 1. The summed E-state index contributed by atoms with van der Waals surface area (Å²) in [7, 11) is 1.61. The van der Waals surface area contributed by atoms with E-state index in [-0.39, 0.29) is 11.7 Å². The van der Waals surface area contributed by atoms with Gasteiger partial charge in [-0.15, -0.1) is 0 Å². The number of fused-ring (bicyclic) bond motifs is 1. The molecule has 0 bridgehead atoms. The maximum atomic E-state index is 13.1. The minimum Gasteiger partial charge on any atom is -0.497 e. The summed E-state index contributed by atoms with van der Waals surface area (Å²) in [5.41, 5.74) is 3.25. The second-order valence-electron chi connectivity index (χ2n) is 6.27. The van der Waals surface area contributed by atoms with Gasteiger partial charge in [-0.25, -0.2) is 9.37 Å². The Kier molecular flexibility index (Phi) is 4.72. The van der Waals surface area contributed by atoms with Crippen LogP contribution in [0.25, 0.3) is 22.2 Å². The third-order valence-corrected chi connectivity index (χ3v) is 4.43. The lowest BCUT2D eigenvalue weighted by molar-refractivity contribution is 0.102. The largest absolute Gasteiger partial charge is 0.497 e. The third-order valence-electron chi connectivity index (χ3n) is 4.43. The summed E-state index contributed by atoms with van der Waals surface area (Å²) in [6, 6.07) is 22.4. The summed E-state index contributed by atoms with van der Waals surface area (Å²) in [6.07, 6.45) is 0. The summed E-state index contributed by atoms with van der Waals surface area (Å²) in [5.74, 6) is 0.0757. The molecule has 4 aromatic rings. The van der Waals surface area contributed by atoms with Gasteiger partial charge < -0.3 is 10.1 Å². The lowest BCUT2D eigenvalue weighted by Gasteiger charge is -2.11. The Morgan fingerprint density at radius 1 is 0.964 bits per heavy atom. The SMILES string of the molecule is COc1cccc(-c2cc(C(=O)Nc3ccc(F)cc3)c3ccccc3n2)c1. The average molecular weight is 372 g/mol. The molecule has 0 radical (unpaired) electrons. The first-order chi connectivity index (χ1) is 13.6. The van der Waals surface area contributed by atoms with E-state index in [0.29, 0.717) is 28.2 Å². The van der Waals surface area contributed by atoms with Gasteiger partial charge in [0.1, 0.15) is 11.6 Å². The smallest absolute Gasteiger partial charge is 0.256 e. The minimum absolute atomic E-state index is 0.283. The van der Waals surface area contributed by atoms with Crippen LogP contribution >= 0.6 is 0 Å². The molecule has 1 heterocycles. The number of carbonyl (C=O) groups is 1. The first-order valence-corrected chi connectivity index (χ1v) is 8.75. The lowest BCUT2D eigenvalue weighted by Crippen LogP contribution is -2.13. The zero-order valence-electron chi connectivity index (χ0n) is 15.1. The van der Waals surface area contributed by atoms with E-state index in [9.17, 15) is 9.18 Å². The maximum Gasteiger partial charge on any atom is 0.256 e. The lowest BCUT2D eigenvalue weighted by atomic mass is 10.0. The number of aromatic nitrogens is 1. The van der Waals surface area contributed by atoms with Crippen molar-refractivity contribution in [1.29, 1.82) is 0 Å². The van der Waals surface area contributed by atoms with E-state index in [1.807, 2.05) is 48.5 Å². The zero-order chi connectivity index (χ0) is 19.5. The number of nitrogens with zero attached hydrogens (tertiary/aromatic N) is 1. The molecule has 0 atom stereocenters. The number of para-hydroxylation sites is 1. The Hall–Kier alpha value is -3.73. The molecule has 5 heteroatoms. The molecule has 4 rings (SSSR count). The Labute approximate surface area is 161 Å². The number of hydrogen-bond acceptors (Lipinski definition) is 3. The van der Waals surface area contributed by atoms with E-state index in [0.717, 1.165) is 10.9 Å². The molecule has 0 unspecified atom stereocenters. The van der Waals surface area contributed by atoms with Crippen molar-refractivity contribution >= 4 is 22.5 Å². The van der Waals surface area contributed by atoms with Crippen molar-refractivity contribution in [2.24, 2.45) is 0 Å². The summed E-state index contributed by atoms with van der Waals surface area (Å²) in [6.45, 7) is 0. The van der Waals surface area contributed by atoms with Crippen LogP contribution in [0, 0.1) is 5.82 Å². The molecule has 1 N–H and O–H groups in total. The highest BCUT2D eigenvalue weighted by atomic mass is 19.1. The fourth-order valence-corrected chi connectivity index (χ4v) is 3.03. The van der Waals surface area contributed by atoms with Crippen molar-refractivity contribution < 1.29 is 13.9 Å². The number of methoxy groups -OCH3 is 1. The van der Waals surface area contributed by atoms with Crippen molar-refractivity contribution in [2.75, 3.05) is 12.4 Å². The number of carbonyl (C=O) groups excluding carboxylic acids is 1. The molecule has 0 aliphatic carbocycles. The molecule has 0 aliphatic rings. The maximum absolute atomic E-state index is 13.1. The molecular weight excluding hydrogens is 355 g/mol. The normalized spacial score (nSPS) is 10.6. The monoisotopic (exact) mass is 372 g/mol. The van der Waals surface area contributed by atoms with Crippen LogP contribution in [0.2, 0.25) is 0 Å². The van der Waals surface area contributed by atoms with Gasteiger partial charge in [0.05, 0.1) is 23.9 Å². The fraction of sp³-hybridized carbons (Fsp3) is 0.0435. The van der Waals surface area contributed by atoms with Crippen molar-refractivity contribution in [1.82, 2.24) is 4.98 Å². The highest BCUT2D eigenvalue weighted by Crippen LogP contribution is 2.27. The van der Waals surface area contributed by atoms with Crippen molar-refractivity contribution in [2.45, 2.75) is 0 Å². The molecule has 0 saturated heterocycles. The second kappa shape index (κ2) is 7.48. The summed E-state index contributed by atoms with van der Waals surface area (Å²) < 4.78 is 18.4. The predicted octanol–water partition coefficient (Wildman–Crippen LogP) is 5.30. The van der Waals surface area contributed by atoms with Crippen LogP contribution in [0.3, 0.4) is 0 Å². The fourth-order valence-electron chi connectivity index (χ4n) is 3.03. The van der Waals surface area contributed by atoms with E-state index < -0.39 is 0 Å². The van der Waals surface area contributed by atoms with Crippen LogP contribution in [0.4, 0.5) is 10.1 Å². The molecule has 0 spiro atoms. The van der Waals surface area contributed by atoms with E-state index in [1.54, 1.807) is 13.2 Å². The minimum atomic E-state index is -0.354. The number of rotatable bonds is 4. The van der Waals surface area contributed by atoms with Crippen molar-refractivity contribution in [3.8, 4) is 17.0 Å². The van der Waals surface area contributed by atoms with Gasteiger partial charge in [-0.2, -0.15) is 0 Å². The Balaban J connectivity index is 1.79. The van der Waals surface area contributed by atoms with Gasteiger partial charge in [0, 0.05) is 16.6 Å². The number of anilines is 1. The van der Waals surface area contributed by atoms with Crippen molar-refractivity contribution in [3.05, 3.63) is 90.2 Å². The molecule has 0 saturated carbocycles. The quantitative estimate of drug-likeness (QED) is 0.529. The third kappa shape index (κ3) is 3.55. The van der Waals surface area contributed by atoms with E-state index >= 15 is 0 Å². The van der Waals surface area contributed by atoms with Crippen LogP contribution in [-0.4, -0.2) is 18.0 Å². The van der Waals surface area contributed by atoms with Gasteiger partial charge in [0.15, 0.2) is 0 Å². The zero-order valence-corrected chi connectivity index (χ0v) is 15.1. The molecular formula is C23H17FN2O2. The van der Waals surface area contributed by atoms with Crippen LogP contribution in [-0.2, 0) is 0 Å². The molecule has 0 aliphatic heterocycles. The molecule has 1 aromatic heterocycles. The molecule has 138 valence electrons. The average Bonchev–Trinajstić information content (AvgIpc) is 2.74. The highest BCUT2D eigenvalue weighted by Gasteiger charge is 2.14. The van der Waals surface area contributed by atoms with Crippen LogP contribution < -0.4 is 10.1 Å². The first kappa shape index (κ1) is 17.7. The molecule has 0 fully saturated rings. The predicted molar refractivity (Wildman–Crippen MR) is 108 cm³/mol. The van der Waals surface area contributed by atoms with Gasteiger partial charge >= 0.3 is 0 Å². The van der Waals surface area contributed by atoms with E-state index in [4.69, 9.17) is 9.72 Å². The van der Waals surface area contributed by atoms with Gasteiger partial charge in [-0.3, -0.25) is 4.79 Å². The first-order valence-electron chi connectivity index (χ1n) is 8.75. The van der Waals surface area contributed by atoms with Gasteiger partial charge in [-0.1, -0.05) is 30.3 Å². The number of benzene rings is 3. The molecule has 1 amide bonds. The van der Waals surface area contributed by atoms with Crippen LogP contribution in [0.1, 0.15) is 10.4 Å². The van der Waals surface area contributed by atoms with Gasteiger partial charge in [0.2, 0.25) is 0 Å². The molecule has 4 nitrogen and oxygen atoms in total. The molecule has 3 aromatic carbocycles. The number of pyridine rings is 1. The standard InChI is InChI=1S/C23H17FN2O2/c1-28-18-6-4-5-15(13-18)22-14-20(19-7-2-3-8-21(19)26-22)23(27)25-17-11-9-16(24)10-12-17/h2-14H,1H3,(H,25,27). The summed E-state index contributed by atoms with van der Waals surface area (Å²) in [5, 5.41) is 3.56. The van der Waals surface area contributed by atoms with Crippen LogP contribution in [0.5, 0.6) is 5.75 Å². The Bertz CT molecular complexity index is 1160. The summed E-state index contributed by atoms with van der Waals surface area (Å²) >= 11 is 0. The van der Waals surface area contributed by atoms with Crippen LogP contribution in [0.15, 0.2) is 78.9 Å². The van der Waals surface area contributed by atoms with E-state index in [2.05, 4.69) is 5.32 Å². The Morgan fingerprint density at radius 2 is 1.75 bits per heavy atom.